The lowest BCUT2D eigenvalue weighted by molar-refractivity contribution is 0.0172. The Balaban J connectivity index is 0.538. The Morgan fingerprint density at radius 2 is 0.802 bits per heavy atom. The monoisotopic (exact) mass is 1260 g/mol. The highest BCUT2D eigenvalue weighted by Gasteiger charge is 2.29. The van der Waals surface area contributed by atoms with Crippen molar-refractivity contribution < 1.29 is 38.0 Å². The molecule has 0 saturated heterocycles. The molecule has 8 rings (SSSR count). The van der Waals surface area contributed by atoms with Gasteiger partial charge in [0.1, 0.15) is 0 Å². The van der Waals surface area contributed by atoms with Crippen molar-refractivity contribution in [3.05, 3.63) is 151 Å². The zero-order valence-electron chi connectivity index (χ0n) is 48.8. The summed E-state index contributed by atoms with van der Waals surface area (Å²) in [5.41, 5.74) is 10.9. The molecular weight excluding hydrogens is 1180 g/mol. The molecule has 4 amide bonds. The number of carbonyl (C=O) groups excluding carboxylic acids is 2. The van der Waals surface area contributed by atoms with Crippen LogP contribution in [0.2, 0.25) is 20.1 Å². The molecule has 24 heteroatoms. The first-order valence-corrected chi connectivity index (χ1v) is 30.6. The maximum atomic E-state index is 12.1. The second-order valence-corrected chi connectivity index (χ2v) is 22.5. The molecular formula is C62H78Cl4N12O8. The van der Waals surface area contributed by atoms with Crippen molar-refractivity contribution in [1.82, 2.24) is 51.0 Å². The van der Waals surface area contributed by atoms with Gasteiger partial charge in [0, 0.05) is 133 Å². The van der Waals surface area contributed by atoms with Gasteiger partial charge in [-0.25, -0.2) is 29.5 Å². The summed E-state index contributed by atoms with van der Waals surface area (Å²) in [6, 6.07) is 24.1. The molecule has 2 atom stereocenters. The van der Waals surface area contributed by atoms with Gasteiger partial charge < -0.3 is 70.1 Å². The molecule has 6 N–H and O–H groups in total. The van der Waals surface area contributed by atoms with Gasteiger partial charge in [0.25, 0.3) is 0 Å². The van der Waals surface area contributed by atoms with Gasteiger partial charge in [-0.3, -0.25) is 0 Å². The smallest absolute Gasteiger partial charge is 0.314 e. The van der Waals surface area contributed by atoms with E-state index in [1.54, 1.807) is 0 Å². The number of unbranched alkanes of at least 4 members (excludes halogenated alkanes) is 1. The molecule has 0 spiro atoms. The molecule has 2 aromatic heterocycles. The van der Waals surface area contributed by atoms with Gasteiger partial charge in [0.2, 0.25) is 11.9 Å². The number of urea groups is 2. The van der Waals surface area contributed by atoms with Crippen LogP contribution in [0.1, 0.15) is 58.1 Å². The Morgan fingerprint density at radius 1 is 0.453 bits per heavy atom. The van der Waals surface area contributed by atoms with Crippen LogP contribution < -0.4 is 31.9 Å². The van der Waals surface area contributed by atoms with E-state index in [0.29, 0.717) is 163 Å². The minimum Gasteiger partial charge on any atom is -0.377 e. The number of ether oxygens (including phenoxy) is 6. The second kappa shape index (κ2) is 35.7. The van der Waals surface area contributed by atoms with E-state index < -0.39 is 0 Å². The Morgan fingerprint density at radius 3 is 1.19 bits per heavy atom. The molecule has 2 aliphatic rings. The molecule has 0 fully saturated rings. The van der Waals surface area contributed by atoms with Gasteiger partial charge in [-0.2, -0.15) is 0 Å². The molecule has 4 heterocycles. The molecule has 86 heavy (non-hydrogen) atoms. The van der Waals surface area contributed by atoms with Crippen LogP contribution in [0.25, 0.3) is 22.3 Å². The number of nitrogens with one attached hydrogen (secondary N) is 6. The third-order valence-corrected chi connectivity index (χ3v) is 15.4. The summed E-state index contributed by atoms with van der Waals surface area (Å²) in [5, 5.41) is 20.3. The number of carbonyl (C=O) groups is 2. The number of aromatic nitrogens is 4. The van der Waals surface area contributed by atoms with Gasteiger partial charge >= 0.3 is 12.1 Å². The fourth-order valence-electron chi connectivity index (χ4n) is 10.1. The third-order valence-electron chi connectivity index (χ3n) is 14.3. The molecule has 0 saturated carbocycles. The molecule has 0 aliphatic carbocycles. The van der Waals surface area contributed by atoms with E-state index in [4.69, 9.17) is 74.8 Å². The predicted octanol–water partition coefficient (Wildman–Crippen LogP) is 9.37. The molecule has 2 aliphatic heterocycles. The Bertz CT molecular complexity index is 2860. The van der Waals surface area contributed by atoms with Crippen LogP contribution in [-0.4, -0.2) is 188 Å². The number of anilines is 2. The standard InChI is InChI=1S/C62H78Cl4N12O8/c1-77-39-53(51-31-49(63)33-57(65)55(51)41-77)45-9-5-7-43(29-45)47-35-73-59(74-36-47)67-13-17-81-21-25-85-27-23-83-19-15-71-61(79)69-11-3-4-12-70-62(80)72-16-20-84-24-28-86-26-22-82-18-14-68-60-75-37-48(38-76-60)44-8-6-10-46(30-44)54-40-78(2)42-56-52(54)32-50(64)34-58(56)66/h5-10,29-38,53-54H,3-4,11-28,39-42H2,1-2H3,(H,67,73,74)(H,68,75,76)(H2,69,71,79)(H2,70,72,80)/t53-,54-/m0/s1. The topological polar surface area (TPSA) is 220 Å². The van der Waals surface area contributed by atoms with Crippen LogP contribution in [-0.2, 0) is 41.5 Å². The number of benzene rings is 4. The maximum Gasteiger partial charge on any atom is 0.314 e. The SMILES string of the molecule is CN1Cc2c(Cl)cc(Cl)cc2[C@H](c2cccc(-c3cnc(NCCOCCOCCOCCNC(=O)NCCCCNC(=O)NCCOCCOCCOCCNc4ncc(-c5cccc([C@@H]6CN(C)Cc7c(Cl)cc(Cl)cc76)c5)cn4)nc3)c2)C1. The summed E-state index contributed by atoms with van der Waals surface area (Å²) in [7, 11) is 4.21. The molecule has 462 valence electrons. The maximum absolute atomic E-state index is 12.1. The van der Waals surface area contributed by atoms with Crippen molar-refractivity contribution in [3.63, 3.8) is 0 Å². The second-order valence-electron chi connectivity index (χ2n) is 20.9. The van der Waals surface area contributed by atoms with Crippen molar-refractivity contribution in [3.8, 4) is 22.3 Å². The minimum absolute atomic E-state index is 0.142. The van der Waals surface area contributed by atoms with E-state index in [-0.39, 0.29) is 23.9 Å². The summed E-state index contributed by atoms with van der Waals surface area (Å²) < 4.78 is 33.6. The summed E-state index contributed by atoms with van der Waals surface area (Å²) in [4.78, 5) is 46.9. The van der Waals surface area contributed by atoms with E-state index in [1.165, 1.54) is 22.3 Å². The number of hydrogen-bond acceptors (Lipinski definition) is 16. The highest BCUT2D eigenvalue weighted by atomic mass is 35.5. The fraction of sp³-hybridized carbons (Fsp3) is 0.452. The number of likely N-dealkylation sites (N-methyl/N-ethyl adjacent to an activating group) is 2. The fourth-order valence-corrected chi connectivity index (χ4v) is 11.2. The van der Waals surface area contributed by atoms with Gasteiger partial charge in [0.15, 0.2) is 0 Å². The Labute approximate surface area is 524 Å². The number of fused-ring (bicyclic) bond motifs is 2. The average molecular weight is 1260 g/mol. The van der Waals surface area contributed by atoms with Crippen LogP contribution in [0.3, 0.4) is 0 Å². The minimum atomic E-state index is -0.273. The van der Waals surface area contributed by atoms with Crippen LogP contribution in [0.15, 0.2) is 97.6 Å². The largest absolute Gasteiger partial charge is 0.377 e. The van der Waals surface area contributed by atoms with E-state index in [1.807, 2.05) is 49.1 Å². The number of halogens is 4. The summed E-state index contributed by atoms with van der Waals surface area (Å²) in [5.74, 6) is 1.33. The number of nitrogens with zero attached hydrogens (tertiary/aromatic N) is 6. The summed E-state index contributed by atoms with van der Waals surface area (Å²) >= 11 is 26.0. The van der Waals surface area contributed by atoms with Gasteiger partial charge in [-0.1, -0.05) is 94.9 Å². The van der Waals surface area contributed by atoms with E-state index in [2.05, 4.69) is 124 Å². The van der Waals surface area contributed by atoms with Crippen molar-refractivity contribution in [1.29, 1.82) is 0 Å². The van der Waals surface area contributed by atoms with Crippen molar-refractivity contribution in [2.45, 2.75) is 37.8 Å². The van der Waals surface area contributed by atoms with Crippen LogP contribution in [0.5, 0.6) is 0 Å². The zero-order valence-corrected chi connectivity index (χ0v) is 51.8. The Hall–Kier alpha value is -5.98. The summed E-state index contributed by atoms with van der Waals surface area (Å²) in [6.45, 7) is 11.1. The zero-order chi connectivity index (χ0) is 60.3. The molecule has 6 aromatic rings. The quantitative estimate of drug-likeness (QED) is 0.0204. The van der Waals surface area contributed by atoms with Gasteiger partial charge in [-0.05, 0) is 95.7 Å². The molecule has 20 nitrogen and oxygen atoms in total. The lowest BCUT2D eigenvalue weighted by Crippen LogP contribution is -2.39. The van der Waals surface area contributed by atoms with Crippen LogP contribution in [0, 0.1) is 0 Å². The number of hydrogen-bond donors (Lipinski definition) is 6. The van der Waals surface area contributed by atoms with Crippen LogP contribution >= 0.6 is 46.4 Å². The van der Waals surface area contributed by atoms with E-state index in [9.17, 15) is 9.59 Å². The molecule has 4 aromatic carbocycles. The number of amides is 4. The molecule has 0 unspecified atom stereocenters. The van der Waals surface area contributed by atoms with Crippen LogP contribution in [0.4, 0.5) is 21.5 Å². The van der Waals surface area contributed by atoms with Gasteiger partial charge in [-0.15, -0.1) is 0 Å². The highest BCUT2D eigenvalue weighted by Crippen LogP contribution is 2.41. The highest BCUT2D eigenvalue weighted by molar-refractivity contribution is 6.35. The lowest BCUT2D eigenvalue weighted by atomic mass is 9.84. The van der Waals surface area contributed by atoms with E-state index in [0.717, 1.165) is 59.6 Å². The molecule has 0 radical (unpaired) electrons. The number of rotatable bonds is 35. The van der Waals surface area contributed by atoms with Gasteiger partial charge in [0.05, 0.1) is 79.3 Å². The normalized spacial score (nSPS) is 15.0. The van der Waals surface area contributed by atoms with Crippen molar-refractivity contribution in [2.75, 3.05) is 156 Å². The van der Waals surface area contributed by atoms with Crippen molar-refractivity contribution in [2.24, 2.45) is 0 Å². The first-order chi connectivity index (χ1) is 42.0. The molecule has 0 bridgehead atoms. The predicted molar refractivity (Wildman–Crippen MR) is 338 cm³/mol. The lowest BCUT2D eigenvalue weighted by Gasteiger charge is -2.33. The average Bonchev–Trinajstić information content (AvgIpc) is 1.52. The third kappa shape index (κ3) is 21.4. The van der Waals surface area contributed by atoms with Crippen molar-refractivity contribution >= 4 is 70.4 Å². The summed E-state index contributed by atoms with van der Waals surface area (Å²) in [6.07, 6.45) is 8.70. The Kier molecular flexibility index (Phi) is 27.4. The first-order valence-electron chi connectivity index (χ1n) is 29.1. The first kappa shape index (κ1) is 66.0. The van der Waals surface area contributed by atoms with E-state index >= 15 is 0 Å².